The summed E-state index contributed by atoms with van der Waals surface area (Å²) in [6.07, 6.45) is 6.46. The van der Waals surface area contributed by atoms with Crippen molar-refractivity contribution in [3.8, 4) is 11.3 Å². The molecule has 1 saturated heterocycles. The fourth-order valence-corrected chi connectivity index (χ4v) is 4.13. The highest BCUT2D eigenvalue weighted by Gasteiger charge is 2.21. The van der Waals surface area contributed by atoms with E-state index < -0.39 is 0 Å². The van der Waals surface area contributed by atoms with Gasteiger partial charge in [0.1, 0.15) is 0 Å². The molecule has 3 aromatic rings. The van der Waals surface area contributed by atoms with E-state index in [2.05, 4.69) is 31.6 Å². The third-order valence-electron chi connectivity index (χ3n) is 5.60. The molecule has 2 N–H and O–H groups in total. The van der Waals surface area contributed by atoms with E-state index in [0.717, 1.165) is 61.6 Å². The molecule has 0 unspecified atom stereocenters. The number of aromatic nitrogens is 3. The fourth-order valence-electron chi connectivity index (χ4n) is 3.96. The molecule has 4 heterocycles. The maximum Gasteiger partial charge on any atom is 0.228 e. The van der Waals surface area contributed by atoms with E-state index >= 15 is 0 Å². The van der Waals surface area contributed by atoms with Gasteiger partial charge in [-0.2, -0.15) is 0 Å². The van der Waals surface area contributed by atoms with E-state index in [1.165, 1.54) is 0 Å². The largest absolute Gasteiger partial charge is 0.379 e. The van der Waals surface area contributed by atoms with Crippen LogP contribution in [0.2, 0.25) is 5.02 Å². The monoisotopic (exact) mass is 450 g/mol. The zero-order chi connectivity index (χ0) is 21.9. The van der Waals surface area contributed by atoms with Crippen LogP contribution in [0, 0.1) is 0 Å². The molecular weight excluding hydrogens is 428 g/mol. The molecule has 0 saturated carbocycles. The second kappa shape index (κ2) is 9.20. The molecule has 0 radical (unpaired) electrons. The average molecular weight is 451 g/mol. The number of fused-ring (bicyclic) bond motifs is 3. The molecule has 5 rings (SSSR count). The number of carbonyl (C=O) groups excluding carboxylic acids is 1. The van der Waals surface area contributed by atoms with Gasteiger partial charge in [-0.15, -0.1) is 0 Å². The zero-order valence-corrected chi connectivity index (χ0v) is 18.2. The van der Waals surface area contributed by atoms with Crippen LogP contribution in [0.15, 0.2) is 42.9 Å². The van der Waals surface area contributed by atoms with Crippen molar-refractivity contribution in [1.29, 1.82) is 0 Å². The Morgan fingerprint density at radius 3 is 2.91 bits per heavy atom. The summed E-state index contributed by atoms with van der Waals surface area (Å²) in [5.41, 5.74) is 4.92. The van der Waals surface area contributed by atoms with Gasteiger partial charge >= 0.3 is 0 Å². The number of carbonyl (C=O) groups is 1. The Morgan fingerprint density at radius 1 is 1.16 bits per heavy atom. The van der Waals surface area contributed by atoms with Crippen molar-refractivity contribution >= 4 is 34.8 Å². The number of hydrogen-bond acceptors (Lipinski definition) is 7. The van der Waals surface area contributed by atoms with Gasteiger partial charge in [0.05, 0.1) is 42.9 Å². The van der Waals surface area contributed by atoms with Crippen LogP contribution in [0.5, 0.6) is 0 Å². The van der Waals surface area contributed by atoms with Gasteiger partial charge in [0.15, 0.2) is 0 Å². The van der Waals surface area contributed by atoms with Crippen LogP contribution in [0.3, 0.4) is 0 Å². The van der Waals surface area contributed by atoms with Gasteiger partial charge in [0, 0.05) is 48.2 Å². The van der Waals surface area contributed by atoms with E-state index in [-0.39, 0.29) is 12.3 Å². The number of rotatable bonds is 5. The topological polar surface area (TPSA) is 92.3 Å². The maximum absolute atomic E-state index is 12.3. The number of hydrogen-bond donors (Lipinski definition) is 2. The van der Waals surface area contributed by atoms with E-state index in [4.69, 9.17) is 21.3 Å². The minimum Gasteiger partial charge on any atom is -0.379 e. The first-order chi connectivity index (χ1) is 15.6. The predicted molar refractivity (Wildman–Crippen MR) is 123 cm³/mol. The summed E-state index contributed by atoms with van der Waals surface area (Å²) in [7, 11) is 0. The normalized spacial score (nSPS) is 16.0. The molecule has 8 nitrogen and oxygen atoms in total. The first kappa shape index (κ1) is 20.8. The fraction of sp³-hybridized carbons (Fsp3) is 0.304. The first-order valence-corrected chi connectivity index (χ1v) is 11.0. The molecule has 32 heavy (non-hydrogen) atoms. The Morgan fingerprint density at radius 2 is 2.03 bits per heavy atom. The van der Waals surface area contributed by atoms with Gasteiger partial charge in [-0.3, -0.25) is 14.7 Å². The van der Waals surface area contributed by atoms with Crippen molar-refractivity contribution in [3.63, 3.8) is 0 Å². The van der Waals surface area contributed by atoms with E-state index in [0.29, 0.717) is 22.4 Å². The van der Waals surface area contributed by atoms with Crippen molar-refractivity contribution in [2.24, 2.45) is 0 Å². The predicted octanol–water partition coefficient (Wildman–Crippen LogP) is 3.30. The Bertz CT molecular complexity index is 1150. The van der Waals surface area contributed by atoms with Crippen LogP contribution in [-0.4, -0.2) is 58.6 Å². The first-order valence-electron chi connectivity index (χ1n) is 10.6. The number of nitrogens with zero attached hydrogens (tertiary/aromatic N) is 4. The molecule has 2 aromatic heterocycles. The second-order valence-electron chi connectivity index (χ2n) is 7.89. The van der Waals surface area contributed by atoms with E-state index in [9.17, 15) is 4.79 Å². The quantitative estimate of drug-likeness (QED) is 0.616. The van der Waals surface area contributed by atoms with Crippen LogP contribution in [0.1, 0.15) is 11.1 Å². The van der Waals surface area contributed by atoms with Crippen molar-refractivity contribution in [2.45, 2.75) is 12.8 Å². The molecule has 9 heteroatoms. The van der Waals surface area contributed by atoms with Crippen LogP contribution >= 0.6 is 11.6 Å². The van der Waals surface area contributed by atoms with Gasteiger partial charge < -0.3 is 15.4 Å². The van der Waals surface area contributed by atoms with Crippen molar-refractivity contribution in [3.05, 3.63) is 59.0 Å². The van der Waals surface area contributed by atoms with Crippen LogP contribution in [-0.2, 0) is 22.4 Å². The van der Waals surface area contributed by atoms with Crippen LogP contribution in [0.4, 0.5) is 17.3 Å². The number of halogens is 1. The molecule has 0 atom stereocenters. The summed E-state index contributed by atoms with van der Waals surface area (Å²) in [4.78, 5) is 28.2. The summed E-state index contributed by atoms with van der Waals surface area (Å²) >= 11 is 6.12. The summed E-state index contributed by atoms with van der Waals surface area (Å²) < 4.78 is 5.41. The third-order valence-corrected chi connectivity index (χ3v) is 5.83. The number of anilines is 3. The Hall–Kier alpha value is -3.07. The maximum atomic E-state index is 12.3. The summed E-state index contributed by atoms with van der Waals surface area (Å²) in [5.74, 6) is 0.333. The molecule has 0 bridgehead atoms. The highest BCUT2D eigenvalue weighted by atomic mass is 35.5. The Kier molecular flexibility index (Phi) is 5.98. The highest BCUT2D eigenvalue weighted by molar-refractivity contribution is 6.31. The van der Waals surface area contributed by atoms with Gasteiger partial charge in [0.25, 0.3) is 0 Å². The lowest BCUT2D eigenvalue weighted by molar-refractivity contribution is -0.115. The number of pyridine rings is 1. The van der Waals surface area contributed by atoms with Gasteiger partial charge in [-0.1, -0.05) is 11.6 Å². The number of amides is 1. The Labute approximate surface area is 191 Å². The van der Waals surface area contributed by atoms with Crippen molar-refractivity contribution in [2.75, 3.05) is 43.5 Å². The Balaban J connectivity index is 1.36. The lowest BCUT2D eigenvalue weighted by atomic mass is 10.1. The molecule has 2 aliphatic rings. The lowest BCUT2D eigenvalue weighted by Crippen LogP contribution is -2.37. The molecule has 0 spiro atoms. The smallest absolute Gasteiger partial charge is 0.228 e. The van der Waals surface area contributed by atoms with Crippen LogP contribution in [0.25, 0.3) is 11.3 Å². The molecule has 0 aliphatic carbocycles. The van der Waals surface area contributed by atoms with E-state index in [1.807, 2.05) is 12.3 Å². The number of ether oxygens (including phenoxy) is 1. The molecule has 1 amide bonds. The zero-order valence-electron chi connectivity index (χ0n) is 17.5. The molecule has 2 aliphatic heterocycles. The van der Waals surface area contributed by atoms with Crippen molar-refractivity contribution in [1.82, 2.24) is 19.9 Å². The van der Waals surface area contributed by atoms with Gasteiger partial charge in [0.2, 0.25) is 11.9 Å². The van der Waals surface area contributed by atoms with Gasteiger partial charge in [-0.05, 0) is 36.2 Å². The molecule has 1 fully saturated rings. The average Bonchev–Trinajstić information content (AvgIpc) is 2.93. The summed E-state index contributed by atoms with van der Waals surface area (Å²) in [5, 5.41) is 6.71. The van der Waals surface area contributed by atoms with Crippen LogP contribution < -0.4 is 10.6 Å². The number of morpholine rings is 1. The van der Waals surface area contributed by atoms with E-state index in [1.54, 1.807) is 24.5 Å². The number of nitrogens with one attached hydrogen (secondary N) is 2. The van der Waals surface area contributed by atoms with Gasteiger partial charge in [-0.25, -0.2) is 9.97 Å². The molecular formula is C23H23ClN6O2. The number of benzene rings is 1. The minimum absolute atomic E-state index is 0.117. The second-order valence-corrected chi connectivity index (χ2v) is 8.33. The highest BCUT2D eigenvalue weighted by Crippen LogP contribution is 2.34. The summed E-state index contributed by atoms with van der Waals surface area (Å²) in [6, 6.07) is 7.47. The molecule has 1 aromatic carbocycles. The lowest BCUT2D eigenvalue weighted by Gasteiger charge is -2.26. The third kappa shape index (κ3) is 4.72. The molecule has 164 valence electrons. The standard InChI is InChI=1S/C23H23ClN6O2/c24-17-1-2-19-20(11-17)28-21(31)10-16-13-26-23(29-22(16)19)27-18-9-15(12-25-14-18)3-4-30-5-7-32-8-6-30/h1-2,9,11-14H,3-8,10H2,(H,28,31)(H,26,27,29). The summed E-state index contributed by atoms with van der Waals surface area (Å²) in [6.45, 7) is 4.51. The van der Waals surface area contributed by atoms with Crippen molar-refractivity contribution < 1.29 is 9.53 Å². The minimum atomic E-state index is -0.117. The SMILES string of the molecule is O=C1Cc2cnc(Nc3cncc(CCN4CCOCC4)c3)nc2-c2ccc(Cl)cc2N1.